The van der Waals surface area contributed by atoms with E-state index < -0.39 is 5.97 Å². The lowest BCUT2D eigenvalue weighted by atomic mass is 10.0. The summed E-state index contributed by atoms with van der Waals surface area (Å²) in [5.74, 6) is -0.0440. The van der Waals surface area contributed by atoms with E-state index in [1.54, 1.807) is 6.07 Å². The number of pyridine rings is 1. The number of aromatic nitrogens is 1. The lowest BCUT2D eigenvalue weighted by Crippen LogP contribution is -2.06. The molecule has 0 unspecified atom stereocenters. The van der Waals surface area contributed by atoms with Gasteiger partial charge in [-0.05, 0) is 67.1 Å². The van der Waals surface area contributed by atoms with Crippen molar-refractivity contribution in [3.05, 3.63) is 101 Å². The predicted molar refractivity (Wildman–Crippen MR) is 135 cm³/mol. The van der Waals surface area contributed by atoms with Crippen LogP contribution in [0.4, 0.5) is 0 Å². The van der Waals surface area contributed by atoms with Gasteiger partial charge in [0.05, 0.1) is 22.5 Å². The van der Waals surface area contributed by atoms with Crippen molar-refractivity contribution in [3.8, 4) is 11.3 Å². The Morgan fingerprint density at radius 3 is 2.33 bits per heavy atom. The fraction of sp³-hybridized carbons (Fsp3) is 0.207. The number of aryl methyl sites for hydroxylation is 2. The van der Waals surface area contributed by atoms with Gasteiger partial charge in [0.25, 0.3) is 0 Å². The molecule has 1 aromatic heterocycles. The van der Waals surface area contributed by atoms with Crippen molar-refractivity contribution < 1.29 is 9.63 Å². The van der Waals surface area contributed by atoms with Crippen LogP contribution >= 0.6 is 0 Å². The standard InChI is InChI=1S/C29H28N2O2/c1-18(2)22-12-14-23(15-13-22)21(5)31-33-29(32)26-17-28(24-11-10-19(3)20(4)16-24)30-27-9-7-6-8-25(26)27/h6-18H,1-5H3. The quantitative estimate of drug-likeness (QED) is 0.188. The van der Waals surface area contributed by atoms with Crippen LogP contribution in [0.5, 0.6) is 0 Å². The Hall–Kier alpha value is -3.79. The van der Waals surface area contributed by atoms with E-state index in [0.29, 0.717) is 17.2 Å². The van der Waals surface area contributed by atoms with E-state index in [1.165, 1.54) is 16.7 Å². The third kappa shape index (κ3) is 4.85. The zero-order chi connectivity index (χ0) is 23.5. The van der Waals surface area contributed by atoms with E-state index in [2.05, 4.69) is 57.1 Å². The third-order valence-electron chi connectivity index (χ3n) is 6.00. The molecular weight excluding hydrogens is 408 g/mol. The van der Waals surface area contributed by atoms with Gasteiger partial charge in [0.15, 0.2) is 0 Å². The van der Waals surface area contributed by atoms with Gasteiger partial charge in [-0.3, -0.25) is 0 Å². The lowest BCUT2D eigenvalue weighted by Gasteiger charge is -2.10. The van der Waals surface area contributed by atoms with Gasteiger partial charge < -0.3 is 4.84 Å². The summed E-state index contributed by atoms with van der Waals surface area (Å²) in [6.45, 7) is 10.3. The molecule has 3 aromatic carbocycles. The first kappa shape index (κ1) is 22.4. The average Bonchev–Trinajstić information content (AvgIpc) is 2.83. The van der Waals surface area contributed by atoms with Crippen LogP contribution in [0.15, 0.2) is 78.0 Å². The van der Waals surface area contributed by atoms with Crippen LogP contribution in [0.3, 0.4) is 0 Å². The highest BCUT2D eigenvalue weighted by atomic mass is 16.7. The number of hydrogen-bond acceptors (Lipinski definition) is 4. The maximum Gasteiger partial charge on any atom is 0.366 e. The number of nitrogens with zero attached hydrogens (tertiary/aromatic N) is 2. The molecule has 0 saturated heterocycles. The monoisotopic (exact) mass is 436 g/mol. The third-order valence-corrected chi connectivity index (χ3v) is 6.00. The second kappa shape index (κ2) is 9.37. The summed E-state index contributed by atoms with van der Waals surface area (Å²) in [6, 6.07) is 23.7. The number of benzene rings is 3. The molecule has 0 atom stereocenters. The summed E-state index contributed by atoms with van der Waals surface area (Å²) in [5.41, 5.74) is 8.09. The van der Waals surface area contributed by atoms with Crippen LogP contribution in [0.25, 0.3) is 22.2 Å². The molecule has 4 rings (SSSR count). The van der Waals surface area contributed by atoms with Gasteiger partial charge in [-0.25, -0.2) is 9.78 Å². The fourth-order valence-corrected chi connectivity index (χ4v) is 3.71. The summed E-state index contributed by atoms with van der Waals surface area (Å²) in [4.78, 5) is 23.3. The molecule has 4 heteroatoms. The van der Waals surface area contributed by atoms with Crippen LogP contribution in [0.2, 0.25) is 0 Å². The summed E-state index contributed by atoms with van der Waals surface area (Å²) in [7, 11) is 0. The molecule has 0 bridgehead atoms. The Morgan fingerprint density at radius 1 is 0.909 bits per heavy atom. The molecule has 0 fully saturated rings. The SMILES string of the molecule is CC(=NOC(=O)c1cc(-c2ccc(C)c(C)c2)nc2ccccc12)c1ccc(C(C)C)cc1. The van der Waals surface area contributed by atoms with Crippen molar-refractivity contribution in [2.45, 2.75) is 40.5 Å². The molecule has 1 heterocycles. The van der Waals surface area contributed by atoms with Crippen molar-refractivity contribution in [2.24, 2.45) is 5.16 Å². The molecule has 0 saturated carbocycles. The lowest BCUT2D eigenvalue weighted by molar-refractivity contribution is 0.0518. The smallest absolute Gasteiger partial charge is 0.313 e. The Balaban J connectivity index is 1.67. The Bertz CT molecular complexity index is 1350. The largest absolute Gasteiger partial charge is 0.366 e. The van der Waals surface area contributed by atoms with Gasteiger partial charge in [-0.15, -0.1) is 0 Å². The first-order valence-electron chi connectivity index (χ1n) is 11.2. The zero-order valence-electron chi connectivity index (χ0n) is 19.7. The van der Waals surface area contributed by atoms with Gasteiger partial charge in [-0.1, -0.05) is 73.6 Å². The van der Waals surface area contributed by atoms with E-state index in [4.69, 9.17) is 9.82 Å². The number of rotatable bonds is 5. The fourth-order valence-electron chi connectivity index (χ4n) is 3.71. The Kier molecular flexibility index (Phi) is 6.36. The molecule has 0 aliphatic carbocycles. The van der Waals surface area contributed by atoms with Crippen LogP contribution in [0.1, 0.15) is 59.3 Å². The van der Waals surface area contributed by atoms with Crippen molar-refractivity contribution in [3.63, 3.8) is 0 Å². The zero-order valence-corrected chi connectivity index (χ0v) is 19.7. The predicted octanol–water partition coefficient (Wildman–Crippen LogP) is 7.22. The van der Waals surface area contributed by atoms with Crippen molar-refractivity contribution in [1.29, 1.82) is 0 Å². The van der Waals surface area contributed by atoms with Gasteiger partial charge in [0.1, 0.15) is 0 Å². The molecule has 0 N–H and O–H groups in total. The Labute approximate surface area is 194 Å². The number of hydrogen-bond donors (Lipinski definition) is 0. The molecular formula is C29H28N2O2. The molecule has 0 aliphatic heterocycles. The number of oxime groups is 1. The first-order chi connectivity index (χ1) is 15.8. The normalized spacial score (nSPS) is 11.8. The molecule has 0 amide bonds. The average molecular weight is 437 g/mol. The van der Waals surface area contributed by atoms with Crippen molar-refractivity contribution >= 4 is 22.6 Å². The van der Waals surface area contributed by atoms with E-state index in [-0.39, 0.29) is 0 Å². The molecule has 0 radical (unpaired) electrons. The van der Waals surface area contributed by atoms with Crippen molar-refractivity contribution in [1.82, 2.24) is 4.98 Å². The maximum absolute atomic E-state index is 13.1. The second-order valence-electron chi connectivity index (χ2n) is 8.70. The number of fused-ring (bicyclic) bond motifs is 1. The highest BCUT2D eigenvalue weighted by Crippen LogP contribution is 2.27. The van der Waals surface area contributed by atoms with Crippen LogP contribution in [0, 0.1) is 13.8 Å². The molecule has 33 heavy (non-hydrogen) atoms. The first-order valence-corrected chi connectivity index (χ1v) is 11.2. The van der Waals surface area contributed by atoms with Gasteiger partial charge in [-0.2, -0.15) is 0 Å². The van der Waals surface area contributed by atoms with Gasteiger partial charge >= 0.3 is 5.97 Å². The minimum absolute atomic E-state index is 0.445. The summed E-state index contributed by atoms with van der Waals surface area (Å²) < 4.78 is 0. The summed E-state index contributed by atoms with van der Waals surface area (Å²) in [5, 5.41) is 4.87. The Morgan fingerprint density at radius 2 is 1.64 bits per heavy atom. The highest BCUT2D eigenvalue weighted by Gasteiger charge is 2.16. The van der Waals surface area contributed by atoms with E-state index in [1.807, 2.05) is 49.4 Å². The van der Waals surface area contributed by atoms with Gasteiger partial charge in [0, 0.05) is 10.9 Å². The van der Waals surface area contributed by atoms with Crippen molar-refractivity contribution in [2.75, 3.05) is 0 Å². The summed E-state index contributed by atoms with van der Waals surface area (Å²) in [6.07, 6.45) is 0. The number of carbonyl (C=O) groups is 1. The molecule has 166 valence electrons. The van der Waals surface area contributed by atoms with E-state index >= 15 is 0 Å². The molecule has 0 aliphatic rings. The van der Waals surface area contributed by atoms with E-state index in [0.717, 1.165) is 27.7 Å². The minimum Gasteiger partial charge on any atom is -0.313 e. The second-order valence-corrected chi connectivity index (χ2v) is 8.70. The molecule has 0 spiro atoms. The highest BCUT2D eigenvalue weighted by molar-refractivity contribution is 6.05. The van der Waals surface area contributed by atoms with Crippen LogP contribution in [-0.2, 0) is 4.84 Å². The molecule has 4 nitrogen and oxygen atoms in total. The number of para-hydroxylation sites is 1. The van der Waals surface area contributed by atoms with Gasteiger partial charge in [0.2, 0.25) is 0 Å². The number of carbonyl (C=O) groups excluding carboxylic acids is 1. The topological polar surface area (TPSA) is 51.5 Å². The van der Waals surface area contributed by atoms with E-state index in [9.17, 15) is 4.79 Å². The molecule has 4 aromatic rings. The summed E-state index contributed by atoms with van der Waals surface area (Å²) >= 11 is 0. The minimum atomic E-state index is -0.503. The maximum atomic E-state index is 13.1. The van der Waals surface area contributed by atoms with Crippen LogP contribution in [-0.4, -0.2) is 16.7 Å². The van der Waals surface area contributed by atoms with Crippen LogP contribution < -0.4 is 0 Å².